The van der Waals surface area contributed by atoms with E-state index in [-0.39, 0.29) is 0 Å². The van der Waals surface area contributed by atoms with E-state index in [0.29, 0.717) is 18.2 Å². The van der Waals surface area contributed by atoms with Crippen LogP contribution in [0.1, 0.15) is 32.4 Å². The van der Waals surface area contributed by atoms with Crippen LogP contribution in [0.25, 0.3) is 0 Å². The van der Waals surface area contributed by atoms with Gasteiger partial charge in [0.1, 0.15) is 0 Å². The van der Waals surface area contributed by atoms with E-state index in [1.54, 1.807) is 0 Å². The second kappa shape index (κ2) is 8.47. The van der Waals surface area contributed by atoms with Gasteiger partial charge in [0.2, 0.25) is 0 Å². The van der Waals surface area contributed by atoms with Crippen LogP contribution in [0.3, 0.4) is 0 Å². The van der Waals surface area contributed by atoms with Crippen molar-refractivity contribution < 1.29 is 4.74 Å². The normalized spacial score (nSPS) is 22.3. The Kier molecular flexibility index (Phi) is 6.61. The fourth-order valence-corrected chi connectivity index (χ4v) is 2.72. The molecule has 0 bridgehead atoms. The lowest BCUT2D eigenvalue weighted by atomic mass is 10.2. The number of rotatable bonds is 8. The number of pyridine rings is 1. The smallest absolute Gasteiger partial charge is 0.0707 e. The number of hydrogen-bond donors (Lipinski definition) is 1. The Morgan fingerprint density at radius 2 is 2.14 bits per heavy atom. The van der Waals surface area contributed by atoms with Crippen molar-refractivity contribution in [3.8, 4) is 0 Å². The molecule has 2 heterocycles. The van der Waals surface area contributed by atoms with Gasteiger partial charge in [0.05, 0.1) is 12.2 Å². The first-order valence-corrected chi connectivity index (χ1v) is 8.11. The highest BCUT2D eigenvalue weighted by atomic mass is 16.5. The van der Waals surface area contributed by atoms with Crippen LogP contribution >= 0.6 is 0 Å². The molecule has 0 amide bonds. The zero-order valence-corrected chi connectivity index (χ0v) is 13.6. The largest absolute Gasteiger partial charge is 0.372 e. The Balaban J connectivity index is 1.63. The Morgan fingerprint density at radius 3 is 2.86 bits per heavy atom. The zero-order chi connectivity index (χ0) is 15.1. The summed E-state index contributed by atoms with van der Waals surface area (Å²) in [7, 11) is 2.17. The lowest BCUT2D eigenvalue weighted by Crippen LogP contribution is -2.34. The Bertz CT molecular complexity index is 396. The molecule has 2 unspecified atom stereocenters. The van der Waals surface area contributed by atoms with Gasteiger partial charge in [0, 0.05) is 44.0 Å². The molecule has 0 aromatic carbocycles. The Labute approximate surface area is 128 Å². The molecular formula is C17H29N3O. The van der Waals surface area contributed by atoms with Gasteiger partial charge in [-0.3, -0.25) is 4.98 Å². The maximum atomic E-state index is 6.11. The summed E-state index contributed by atoms with van der Waals surface area (Å²) in [5, 5.41) is 3.46. The monoisotopic (exact) mass is 291 g/mol. The van der Waals surface area contributed by atoms with Gasteiger partial charge in [0.15, 0.2) is 0 Å². The van der Waals surface area contributed by atoms with Crippen molar-refractivity contribution in [3.63, 3.8) is 0 Å². The van der Waals surface area contributed by atoms with Gasteiger partial charge in [0.25, 0.3) is 0 Å². The van der Waals surface area contributed by atoms with Crippen LogP contribution in [-0.2, 0) is 11.2 Å². The highest BCUT2D eigenvalue weighted by Crippen LogP contribution is 2.20. The Hall–Kier alpha value is -0.970. The topological polar surface area (TPSA) is 37.4 Å². The van der Waals surface area contributed by atoms with Crippen LogP contribution in [0.2, 0.25) is 0 Å². The van der Waals surface area contributed by atoms with E-state index in [1.807, 2.05) is 12.3 Å². The average molecular weight is 291 g/mol. The molecule has 1 saturated heterocycles. The maximum absolute atomic E-state index is 6.11. The number of nitrogens with zero attached hydrogens (tertiary/aromatic N) is 2. The summed E-state index contributed by atoms with van der Waals surface area (Å²) in [6, 6.07) is 6.64. The van der Waals surface area contributed by atoms with Gasteiger partial charge in [-0.05, 0) is 32.0 Å². The number of hydrogen-bond acceptors (Lipinski definition) is 4. The number of ether oxygens (including phenoxy) is 1. The molecule has 4 nitrogen and oxygen atoms in total. The van der Waals surface area contributed by atoms with E-state index < -0.39 is 0 Å². The standard InChI is InChI=1S/C17H29N3O/c1-14(2)19-12-16-7-8-17(21-16)13-20(3)11-9-15-6-4-5-10-18-15/h4-6,10,14,16-17,19H,7-9,11-13H2,1-3H3. The van der Waals surface area contributed by atoms with E-state index >= 15 is 0 Å². The van der Waals surface area contributed by atoms with Crippen molar-refractivity contribution in [2.75, 3.05) is 26.7 Å². The molecule has 118 valence electrons. The maximum Gasteiger partial charge on any atom is 0.0707 e. The predicted molar refractivity (Wildman–Crippen MR) is 86.5 cm³/mol. The van der Waals surface area contributed by atoms with Crippen LogP contribution in [0.5, 0.6) is 0 Å². The lowest BCUT2D eigenvalue weighted by molar-refractivity contribution is 0.0272. The van der Waals surface area contributed by atoms with Gasteiger partial charge in [-0.1, -0.05) is 19.9 Å². The molecule has 21 heavy (non-hydrogen) atoms. The summed E-state index contributed by atoms with van der Waals surface area (Å²) in [5.74, 6) is 0. The van der Waals surface area contributed by atoms with E-state index in [4.69, 9.17) is 4.74 Å². The molecular weight excluding hydrogens is 262 g/mol. The summed E-state index contributed by atoms with van der Waals surface area (Å²) in [5.41, 5.74) is 1.16. The minimum atomic E-state index is 0.387. The summed E-state index contributed by atoms with van der Waals surface area (Å²) in [6.07, 6.45) is 6.00. The zero-order valence-electron chi connectivity index (χ0n) is 13.6. The molecule has 4 heteroatoms. The molecule has 2 rings (SSSR count). The second-order valence-electron chi connectivity index (χ2n) is 6.35. The van der Waals surface area contributed by atoms with Crippen LogP contribution < -0.4 is 5.32 Å². The van der Waals surface area contributed by atoms with E-state index in [2.05, 4.69) is 48.2 Å². The summed E-state index contributed by atoms with van der Waals surface area (Å²) in [6.45, 7) is 7.39. The molecule has 2 atom stereocenters. The lowest BCUT2D eigenvalue weighted by Gasteiger charge is -2.21. The van der Waals surface area contributed by atoms with E-state index in [9.17, 15) is 0 Å². The van der Waals surface area contributed by atoms with Gasteiger partial charge < -0.3 is 15.0 Å². The van der Waals surface area contributed by atoms with Gasteiger partial charge in [-0.25, -0.2) is 0 Å². The Morgan fingerprint density at radius 1 is 1.33 bits per heavy atom. The number of likely N-dealkylation sites (N-methyl/N-ethyl adjacent to an activating group) is 1. The minimum Gasteiger partial charge on any atom is -0.372 e. The molecule has 1 aliphatic rings. The van der Waals surface area contributed by atoms with Crippen LogP contribution in [0.15, 0.2) is 24.4 Å². The molecule has 1 aromatic rings. The van der Waals surface area contributed by atoms with Crippen molar-refractivity contribution in [1.29, 1.82) is 0 Å². The summed E-state index contributed by atoms with van der Waals surface area (Å²) < 4.78 is 6.11. The second-order valence-corrected chi connectivity index (χ2v) is 6.35. The van der Waals surface area contributed by atoms with Crippen LogP contribution in [0.4, 0.5) is 0 Å². The minimum absolute atomic E-state index is 0.387. The molecule has 1 aliphatic heterocycles. The molecule has 0 saturated carbocycles. The molecule has 1 N–H and O–H groups in total. The fourth-order valence-electron chi connectivity index (χ4n) is 2.72. The third-order valence-electron chi connectivity index (χ3n) is 3.94. The van der Waals surface area contributed by atoms with Crippen LogP contribution in [0, 0.1) is 0 Å². The first kappa shape index (κ1) is 16.4. The number of nitrogens with one attached hydrogen (secondary N) is 1. The highest BCUT2D eigenvalue weighted by Gasteiger charge is 2.25. The van der Waals surface area contributed by atoms with Crippen molar-refractivity contribution in [1.82, 2.24) is 15.2 Å². The predicted octanol–water partition coefficient (Wildman–Crippen LogP) is 2.10. The van der Waals surface area contributed by atoms with Crippen molar-refractivity contribution in [2.24, 2.45) is 0 Å². The average Bonchev–Trinajstić information content (AvgIpc) is 2.91. The van der Waals surface area contributed by atoms with Gasteiger partial charge in [-0.2, -0.15) is 0 Å². The first-order valence-electron chi connectivity index (χ1n) is 8.11. The van der Waals surface area contributed by atoms with Crippen molar-refractivity contribution in [2.45, 2.75) is 51.4 Å². The van der Waals surface area contributed by atoms with E-state index in [1.165, 1.54) is 12.8 Å². The molecule has 0 radical (unpaired) electrons. The molecule has 0 aliphatic carbocycles. The van der Waals surface area contributed by atoms with Crippen LogP contribution in [-0.4, -0.2) is 54.8 Å². The van der Waals surface area contributed by atoms with Gasteiger partial charge in [-0.15, -0.1) is 0 Å². The van der Waals surface area contributed by atoms with Gasteiger partial charge >= 0.3 is 0 Å². The van der Waals surface area contributed by atoms with E-state index in [0.717, 1.165) is 31.7 Å². The fraction of sp³-hybridized carbons (Fsp3) is 0.706. The molecule has 1 fully saturated rings. The number of aromatic nitrogens is 1. The third kappa shape index (κ3) is 6.12. The highest BCUT2D eigenvalue weighted by molar-refractivity contribution is 5.03. The molecule has 1 aromatic heterocycles. The first-order chi connectivity index (χ1) is 10.1. The molecule has 0 spiro atoms. The SMILES string of the molecule is CC(C)NCC1CCC(CN(C)CCc2ccccn2)O1. The third-order valence-corrected chi connectivity index (χ3v) is 3.94. The summed E-state index contributed by atoms with van der Waals surface area (Å²) in [4.78, 5) is 6.73. The van der Waals surface area contributed by atoms with Crippen molar-refractivity contribution in [3.05, 3.63) is 30.1 Å². The van der Waals surface area contributed by atoms with Crippen molar-refractivity contribution >= 4 is 0 Å². The summed E-state index contributed by atoms with van der Waals surface area (Å²) >= 11 is 0. The quantitative estimate of drug-likeness (QED) is 0.796.